The Morgan fingerprint density at radius 1 is 0.795 bits per heavy atom. The van der Waals surface area contributed by atoms with E-state index in [4.69, 9.17) is 23.2 Å². The molecule has 0 radical (unpaired) electrons. The fraction of sp³-hybridized carbons (Fsp3) is 0.235. The number of sulfonamides is 1. The van der Waals surface area contributed by atoms with Gasteiger partial charge in [0.1, 0.15) is 6.04 Å². The molecule has 0 saturated heterocycles. The van der Waals surface area contributed by atoms with Crippen molar-refractivity contribution in [1.82, 2.24) is 14.9 Å². The number of rotatable bonds is 14. The number of nitrogens with zero attached hydrogens (tertiary/aromatic N) is 1. The molecule has 0 heterocycles. The van der Waals surface area contributed by atoms with E-state index in [0.29, 0.717) is 22.9 Å². The number of carbonyl (C=O) groups is 2. The highest BCUT2D eigenvalue weighted by atomic mass is 35.5. The van der Waals surface area contributed by atoms with E-state index in [1.165, 1.54) is 12.1 Å². The molecule has 4 rings (SSSR count). The molecule has 0 saturated carbocycles. The van der Waals surface area contributed by atoms with Gasteiger partial charge in [-0.25, -0.2) is 13.1 Å². The first-order chi connectivity index (χ1) is 21.2. The maximum atomic E-state index is 14.0. The van der Waals surface area contributed by atoms with Gasteiger partial charge in [-0.3, -0.25) is 9.59 Å². The first kappa shape index (κ1) is 33.2. The molecule has 10 heteroatoms. The van der Waals surface area contributed by atoms with Crippen LogP contribution in [-0.2, 0) is 45.5 Å². The van der Waals surface area contributed by atoms with Gasteiger partial charge >= 0.3 is 0 Å². The second-order valence-electron chi connectivity index (χ2n) is 10.3. The molecule has 0 aliphatic heterocycles. The summed E-state index contributed by atoms with van der Waals surface area (Å²) < 4.78 is 27.1. The fourth-order valence-corrected chi connectivity index (χ4v) is 6.16. The van der Waals surface area contributed by atoms with Gasteiger partial charge < -0.3 is 10.2 Å². The second kappa shape index (κ2) is 15.9. The summed E-state index contributed by atoms with van der Waals surface area (Å²) in [5, 5.41) is 4.11. The van der Waals surface area contributed by atoms with Crippen LogP contribution in [0.3, 0.4) is 0 Å². The van der Waals surface area contributed by atoms with Crippen LogP contribution in [0.25, 0.3) is 0 Å². The van der Waals surface area contributed by atoms with Gasteiger partial charge in [0, 0.05) is 42.5 Å². The second-order valence-corrected chi connectivity index (χ2v) is 12.9. The summed E-state index contributed by atoms with van der Waals surface area (Å²) >= 11 is 12.5. The van der Waals surface area contributed by atoms with E-state index in [-0.39, 0.29) is 42.8 Å². The average Bonchev–Trinajstić information content (AvgIpc) is 3.02. The lowest BCUT2D eigenvalue weighted by molar-refractivity contribution is -0.141. The smallest absolute Gasteiger partial charge is 0.243 e. The quantitative estimate of drug-likeness (QED) is 0.170. The highest BCUT2D eigenvalue weighted by molar-refractivity contribution is 7.89. The van der Waals surface area contributed by atoms with Crippen molar-refractivity contribution in [2.45, 2.75) is 50.2 Å². The molecule has 1 atom stereocenters. The molecule has 0 spiro atoms. The SMILES string of the molecule is CCNS(=O)(=O)c1ccc(CCC(=O)N(Cc2ccc(Cl)cc2)C(Cc2ccccc2)C(=O)NCc2ccccc2Cl)cc1. The van der Waals surface area contributed by atoms with Crippen LogP contribution in [-0.4, -0.2) is 37.7 Å². The molecule has 230 valence electrons. The van der Waals surface area contributed by atoms with Crippen molar-refractivity contribution < 1.29 is 18.0 Å². The molecule has 0 fully saturated rings. The van der Waals surface area contributed by atoms with Crippen LogP contribution in [0.5, 0.6) is 0 Å². The van der Waals surface area contributed by atoms with Gasteiger partial charge in [0.15, 0.2) is 0 Å². The largest absolute Gasteiger partial charge is 0.350 e. The standard InChI is InChI=1S/C34H35Cl2N3O4S/c1-2-38-44(42,43)30-19-14-25(15-20-30)16-21-33(40)39(24-27-12-17-29(35)18-13-27)32(22-26-8-4-3-5-9-26)34(41)37-23-28-10-6-7-11-31(28)36/h3-15,17-20,32,38H,2,16,21-24H2,1H3,(H,37,41). The number of benzene rings is 4. The molecule has 0 aliphatic rings. The Balaban J connectivity index is 1.59. The lowest BCUT2D eigenvalue weighted by atomic mass is 10.0. The average molecular weight is 653 g/mol. The summed E-state index contributed by atoms with van der Waals surface area (Å²) in [5.41, 5.74) is 3.33. The van der Waals surface area contributed by atoms with Crippen molar-refractivity contribution >= 4 is 45.0 Å². The molecule has 1 unspecified atom stereocenters. The van der Waals surface area contributed by atoms with Crippen molar-refractivity contribution in [1.29, 1.82) is 0 Å². The van der Waals surface area contributed by atoms with Crippen LogP contribution in [0.2, 0.25) is 10.0 Å². The zero-order valence-electron chi connectivity index (χ0n) is 24.4. The van der Waals surface area contributed by atoms with Crippen molar-refractivity contribution in [2.75, 3.05) is 6.54 Å². The van der Waals surface area contributed by atoms with Crippen LogP contribution in [0, 0.1) is 0 Å². The lowest BCUT2D eigenvalue weighted by Crippen LogP contribution is -2.50. The number of hydrogen-bond acceptors (Lipinski definition) is 4. The van der Waals surface area contributed by atoms with E-state index in [9.17, 15) is 18.0 Å². The van der Waals surface area contributed by atoms with E-state index < -0.39 is 16.1 Å². The number of aryl methyl sites for hydroxylation is 1. The third-order valence-electron chi connectivity index (χ3n) is 7.14. The number of carbonyl (C=O) groups excluding carboxylic acids is 2. The van der Waals surface area contributed by atoms with E-state index in [1.54, 1.807) is 42.2 Å². The van der Waals surface area contributed by atoms with Crippen LogP contribution >= 0.6 is 23.2 Å². The molecule has 0 bridgehead atoms. The molecule has 2 N–H and O–H groups in total. The molecule has 4 aromatic carbocycles. The van der Waals surface area contributed by atoms with Gasteiger partial charge in [-0.1, -0.05) is 103 Å². The summed E-state index contributed by atoms with van der Waals surface area (Å²) in [6.07, 6.45) is 0.804. The monoisotopic (exact) mass is 651 g/mol. The molecule has 2 amide bonds. The van der Waals surface area contributed by atoms with Gasteiger partial charge in [-0.05, 0) is 59.0 Å². The first-order valence-corrected chi connectivity index (χ1v) is 16.6. The predicted molar refractivity (Wildman–Crippen MR) is 175 cm³/mol. The third kappa shape index (κ3) is 9.40. The predicted octanol–water partition coefficient (Wildman–Crippen LogP) is 6.18. The minimum absolute atomic E-state index is 0.121. The zero-order valence-corrected chi connectivity index (χ0v) is 26.7. The van der Waals surface area contributed by atoms with Crippen molar-refractivity contribution in [2.24, 2.45) is 0 Å². The maximum Gasteiger partial charge on any atom is 0.243 e. The van der Waals surface area contributed by atoms with Gasteiger partial charge in [0.25, 0.3) is 0 Å². The van der Waals surface area contributed by atoms with E-state index >= 15 is 0 Å². The minimum atomic E-state index is -3.58. The first-order valence-electron chi connectivity index (χ1n) is 14.3. The van der Waals surface area contributed by atoms with Gasteiger partial charge in [-0.2, -0.15) is 0 Å². The molecule has 44 heavy (non-hydrogen) atoms. The summed E-state index contributed by atoms with van der Waals surface area (Å²) in [4.78, 5) is 29.6. The van der Waals surface area contributed by atoms with E-state index in [2.05, 4.69) is 10.0 Å². The van der Waals surface area contributed by atoms with Gasteiger partial charge in [0.2, 0.25) is 21.8 Å². The molecular formula is C34H35Cl2N3O4S. The summed E-state index contributed by atoms with van der Waals surface area (Å²) in [6, 6.07) is 29.7. The Morgan fingerprint density at radius 2 is 1.43 bits per heavy atom. The number of amides is 2. The Bertz CT molecular complexity index is 1650. The lowest BCUT2D eigenvalue weighted by Gasteiger charge is -2.32. The number of nitrogens with one attached hydrogen (secondary N) is 2. The maximum absolute atomic E-state index is 14.0. The molecule has 4 aromatic rings. The Morgan fingerprint density at radius 3 is 2.09 bits per heavy atom. The summed E-state index contributed by atoms with van der Waals surface area (Å²) in [5.74, 6) is -0.507. The van der Waals surface area contributed by atoms with Crippen LogP contribution in [0.1, 0.15) is 35.6 Å². The van der Waals surface area contributed by atoms with Gasteiger partial charge in [-0.15, -0.1) is 0 Å². The van der Waals surface area contributed by atoms with Crippen LogP contribution in [0.4, 0.5) is 0 Å². The Hall–Kier alpha value is -3.69. The third-order valence-corrected chi connectivity index (χ3v) is 9.33. The van der Waals surface area contributed by atoms with Crippen molar-refractivity contribution in [3.8, 4) is 0 Å². The summed E-state index contributed by atoms with van der Waals surface area (Å²) in [6.45, 7) is 2.43. The minimum Gasteiger partial charge on any atom is -0.350 e. The van der Waals surface area contributed by atoms with Crippen molar-refractivity contribution in [3.05, 3.63) is 135 Å². The number of halogens is 2. The normalized spacial score (nSPS) is 12.0. The number of hydrogen-bond donors (Lipinski definition) is 2. The molecular weight excluding hydrogens is 617 g/mol. The topological polar surface area (TPSA) is 95.6 Å². The Labute approximate surface area is 269 Å². The van der Waals surface area contributed by atoms with E-state index in [1.807, 2.05) is 60.7 Å². The van der Waals surface area contributed by atoms with E-state index in [0.717, 1.165) is 22.3 Å². The molecule has 0 aromatic heterocycles. The molecule has 7 nitrogen and oxygen atoms in total. The highest BCUT2D eigenvalue weighted by Crippen LogP contribution is 2.20. The van der Waals surface area contributed by atoms with Gasteiger partial charge in [0.05, 0.1) is 4.90 Å². The fourth-order valence-electron chi connectivity index (χ4n) is 4.79. The molecule has 0 aliphatic carbocycles. The van der Waals surface area contributed by atoms with Crippen LogP contribution < -0.4 is 10.0 Å². The summed E-state index contributed by atoms with van der Waals surface area (Å²) in [7, 11) is -3.58. The zero-order chi connectivity index (χ0) is 31.5. The van der Waals surface area contributed by atoms with Crippen LogP contribution in [0.15, 0.2) is 108 Å². The van der Waals surface area contributed by atoms with Crippen molar-refractivity contribution in [3.63, 3.8) is 0 Å². The Kier molecular flexibility index (Phi) is 12.0. The highest BCUT2D eigenvalue weighted by Gasteiger charge is 2.30.